The lowest BCUT2D eigenvalue weighted by Gasteiger charge is -2.37. The van der Waals surface area contributed by atoms with E-state index in [9.17, 15) is 14.9 Å². The molecule has 0 unspecified atom stereocenters. The first-order valence-electron chi connectivity index (χ1n) is 8.32. The van der Waals surface area contributed by atoms with Crippen LogP contribution in [0.3, 0.4) is 0 Å². The van der Waals surface area contributed by atoms with Gasteiger partial charge in [0.05, 0.1) is 11.5 Å². The van der Waals surface area contributed by atoms with Gasteiger partial charge in [0.2, 0.25) is 5.91 Å². The highest BCUT2D eigenvalue weighted by molar-refractivity contribution is 5.83. The molecule has 0 bridgehead atoms. The zero-order valence-electron chi connectivity index (χ0n) is 13.5. The molecule has 3 rings (SSSR count). The van der Waals surface area contributed by atoms with E-state index in [4.69, 9.17) is 0 Å². The summed E-state index contributed by atoms with van der Waals surface area (Å²) in [6, 6.07) is 4.84. The molecule has 1 aliphatic heterocycles. The first-order valence-corrected chi connectivity index (χ1v) is 8.32. The molecule has 1 aromatic rings. The van der Waals surface area contributed by atoms with Crippen LogP contribution < -0.4 is 4.90 Å². The number of rotatable bonds is 4. The van der Waals surface area contributed by atoms with E-state index in [1.54, 1.807) is 12.1 Å². The van der Waals surface area contributed by atoms with E-state index in [0.29, 0.717) is 12.5 Å². The first-order chi connectivity index (χ1) is 11.0. The summed E-state index contributed by atoms with van der Waals surface area (Å²) in [5.74, 6) is 0.840. The zero-order valence-corrected chi connectivity index (χ0v) is 13.5. The fourth-order valence-electron chi connectivity index (χ4n) is 3.72. The van der Waals surface area contributed by atoms with Crippen molar-refractivity contribution in [3.63, 3.8) is 0 Å². The number of aryl methyl sites for hydroxylation is 1. The number of nitro benzene ring substituents is 1. The summed E-state index contributed by atoms with van der Waals surface area (Å²) in [4.78, 5) is 26.9. The fraction of sp³-hybridized carbons (Fsp3) is 0.588. The number of piperazine rings is 1. The Labute approximate surface area is 136 Å². The maximum Gasteiger partial charge on any atom is 0.269 e. The van der Waals surface area contributed by atoms with Gasteiger partial charge >= 0.3 is 0 Å². The predicted molar refractivity (Wildman–Crippen MR) is 88.6 cm³/mol. The third-order valence-corrected chi connectivity index (χ3v) is 5.00. The number of non-ortho nitro benzene ring substituents is 1. The van der Waals surface area contributed by atoms with Crippen molar-refractivity contribution in [1.29, 1.82) is 0 Å². The molecule has 1 heterocycles. The van der Waals surface area contributed by atoms with Crippen LogP contribution in [0, 0.1) is 23.0 Å². The number of nitro groups is 1. The van der Waals surface area contributed by atoms with Crippen molar-refractivity contribution in [2.45, 2.75) is 32.6 Å². The van der Waals surface area contributed by atoms with Gasteiger partial charge in [0.25, 0.3) is 5.69 Å². The third-order valence-electron chi connectivity index (χ3n) is 5.00. The van der Waals surface area contributed by atoms with Gasteiger partial charge in [0.15, 0.2) is 0 Å². The van der Waals surface area contributed by atoms with Gasteiger partial charge < -0.3 is 9.80 Å². The molecule has 0 N–H and O–H groups in total. The molecule has 0 radical (unpaired) electrons. The maximum absolute atomic E-state index is 12.4. The van der Waals surface area contributed by atoms with Crippen molar-refractivity contribution >= 4 is 17.3 Å². The van der Waals surface area contributed by atoms with Crippen LogP contribution in [0.15, 0.2) is 18.2 Å². The van der Waals surface area contributed by atoms with Crippen molar-refractivity contribution in [3.8, 4) is 0 Å². The van der Waals surface area contributed by atoms with Crippen molar-refractivity contribution in [2.75, 3.05) is 31.1 Å². The van der Waals surface area contributed by atoms with Gasteiger partial charge in [-0.05, 0) is 37.3 Å². The van der Waals surface area contributed by atoms with Crippen LogP contribution in [0.4, 0.5) is 11.4 Å². The number of carbonyl (C=O) groups is 1. The number of carbonyl (C=O) groups excluding carboxylic acids is 1. The molecule has 1 aromatic carbocycles. The minimum atomic E-state index is -0.387. The van der Waals surface area contributed by atoms with E-state index in [0.717, 1.165) is 30.9 Å². The minimum Gasteiger partial charge on any atom is -0.360 e. The number of hydrogen-bond acceptors (Lipinski definition) is 4. The zero-order chi connectivity index (χ0) is 16.4. The lowest BCUT2D eigenvalue weighted by molar-refractivity contribution is -0.384. The largest absolute Gasteiger partial charge is 0.360 e. The number of hydrogen-bond donors (Lipinski definition) is 0. The van der Waals surface area contributed by atoms with E-state index in [2.05, 4.69) is 0 Å². The van der Waals surface area contributed by atoms with Gasteiger partial charge in [0.1, 0.15) is 0 Å². The van der Waals surface area contributed by atoms with Crippen LogP contribution in [0.25, 0.3) is 0 Å². The van der Waals surface area contributed by atoms with E-state index in [1.165, 1.54) is 31.7 Å². The lowest BCUT2D eigenvalue weighted by Crippen LogP contribution is -2.51. The molecular weight excluding hydrogens is 294 g/mol. The van der Waals surface area contributed by atoms with Crippen LogP contribution in [-0.2, 0) is 4.79 Å². The van der Waals surface area contributed by atoms with Crippen molar-refractivity contribution in [3.05, 3.63) is 33.9 Å². The van der Waals surface area contributed by atoms with Crippen LogP contribution in [-0.4, -0.2) is 41.9 Å². The van der Waals surface area contributed by atoms with Crippen LogP contribution in [0.1, 0.15) is 31.2 Å². The second kappa shape index (κ2) is 6.56. The van der Waals surface area contributed by atoms with Crippen LogP contribution >= 0.6 is 0 Å². The highest BCUT2D eigenvalue weighted by Crippen LogP contribution is 2.28. The Kier molecular flexibility index (Phi) is 4.50. The maximum atomic E-state index is 12.4. The third kappa shape index (κ3) is 3.46. The average Bonchev–Trinajstić information content (AvgIpc) is 3.02. The Hall–Kier alpha value is -2.11. The normalized spacial score (nSPS) is 19.4. The highest BCUT2D eigenvalue weighted by Gasteiger charge is 2.28. The average molecular weight is 317 g/mol. The Morgan fingerprint density at radius 1 is 1.26 bits per heavy atom. The molecule has 1 amide bonds. The summed E-state index contributed by atoms with van der Waals surface area (Å²) in [6.45, 7) is 4.65. The van der Waals surface area contributed by atoms with Crippen LogP contribution in [0.5, 0.6) is 0 Å². The molecule has 6 nitrogen and oxygen atoms in total. The van der Waals surface area contributed by atoms with Gasteiger partial charge in [-0.15, -0.1) is 0 Å². The summed E-state index contributed by atoms with van der Waals surface area (Å²) in [5, 5.41) is 10.8. The fourth-order valence-corrected chi connectivity index (χ4v) is 3.72. The van der Waals surface area contributed by atoms with E-state index in [-0.39, 0.29) is 16.5 Å². The van der Waals surface area contributed by atoms with Crippen molar-refractivity contribution in [2.24, 2.45) is 5.92 Å². The molecular formula is C17H23N3O3. The van der Waals surface area contributed by atoms with Crippen molar-refractivity contribution in [1.82, 2.24) is 4.90 Å². The number of benzene rings is 1. The summed E-state index contributed by atoms with van der Waals surface area (Å²) in [6.07, 6.45) is 5.07. The molecule has 1 saturated heterocycles. The molecule has 2 fully saturated rings. The second-order valence-electron chi connectivity index (χ2n) is 6.64. The number of anilines is 1. The van der Waals surface area contributed by atoms with E-state index >= 15 is 0 Å². The monoisotopic (exact) mass is 317 g/mol. The molecule has 1 aliphatic carbocycles. The van der Waals surface area contributed by atoms with E-state index in [1.807, 2.05) is 16.7 Å². The van der Waals surface area contributed by atoms with Crippen molar-refractivity contribution < 1.29 is 9.72 Å². The predicted octanol–water partition coefficient (Wildman–Crippen LogP) is 2.74. The molecule has 2 aliphatic rings. The molecule has 0 atom stereocenters. The SMILES string of the molecule is Cc1cc([N+](=O)[O-])ccc1N1CCN(CC2CCCC2)C(=O)C1. The summed E-state index contributed by atoms with van der Waals surface area (Å²) < 4.78 is 0. The quantitative estimate of drug-likeness (QED) is 0.632. The summed E-state index contributed by atoms with van der Waals surface area (Å²) >= 11 is 0. The Bertz CT molecular complexity index is 611. The van der Waals surface area contributed by atoms with E-state index < -0.39 is 0 Å². The number of amides is 1. The Morgan fingerprint density at radius 2 is 2.00 bits per heavy atom. The van der Waals surface area contributed by atoms with Gasteiger partial charge in [-0.2, -0.15) is 0 Å². The molecule has 0 aromatic heterocycles. The number of nitrogens with zero attached hydrogens (tertiary/aromatic N) is 3. The topological polar surface area (TPSA) is 66.7 Å². The second-order valence-corrected chi connectivity index (χ2v) is 6.64. The molecule has 0 spiro atoms. The first kappa shape index (κ1) is 15.8. The standard InChI is InChI=1S/C17H23N3O3/c1-13-10-15(20(22)23)6-7-16(13)18-8-9-19(17(21)12-18)11-14-4-2-3-5-14/h6-7,10,14H,2-5,8-9,11-12H2,1H3. The van der Waals surface area contributed by atoms with Gasteiger partial charge in [-0.3, -0.25) is 14.9 Å². The van der Waals surface area contributed by atoms with Gasteiger partial charge in [-0.25, -0.2) is 0 Å². The van der Waals surface area contributed by atoms with Gasteiger partial charge in [-0.1, -0.05) is 12.8 Å². The van der Waals surface area contributed by atoms with Gasteiger partial charge in [0, 0.05) is 37.5 Å². The highest BCUT2D eigenvalue weighted by atomic mass is 16.6. The minimum absolute atomic E-state index is 0.0949. The molecule has 23 heavy (non-hydrogen) atoms. The van der Waals surface area contributed by atoms with Crippen LogP contribution in [0.2, 0.25) is 0 Å². The lowest BCUT2D eigenvalue weighted by atomic mass is 10.1. The Morgan fingerprint density at radius 3 is 2.61 bits per heavy atom. The molecule has 124 valence electrons. The smallest absolute Gasteiger partial charge is 0.269 e. The molecule has 6 heteroatoms. The molecule has 1 saturated carbocycles. The summed E-state index contributed by atoms with van der Waals surface area (Å²) in [5.41, 5.74) is 1.86. The Balaban J connectivity index is 1.65. The summed E-state index contributed by atoms with van der Waals surface area (Å²) in [7, 11) is 0.